The molecule has 0 radical (unpaired) electrons. The standard InChI is InChI=1S/C40H24N4O/c1-3-12-25(13-4-1)31-24-32(26-14-5-2-6-15-26)42-40(41-31)44-34-19-9-8-18-33(34)43-36-22-30-27-16-7-10-21-37(27)45-38(30)23-29(36)28-17-11-20-35(44)39(28)43/h1-24H. The highest BCUT2D eigenvalue weighted by Gasteiger charge is 2.30. The number of hydrogen-bond acceptors (Lipinski definition) is 4. The smallest absolute Gasteiger partial charge is 0.235 e. The summed E-state index contributed by atoms with van der Waals surface area (Å²) in [6.45, 7) is 0. The van der Waals surface area contributed by atoms with Crippen LogP contribution in [0.3, 0.4) is 0 Å². The quantitative estimate of drug-likeness (QED) is 0.210. The maximum atomic E-state index is 6.33. The van der Waals surface area contributed by atoms with Crippen molar-refractivity contribution in [1.82, 2.24) is 14.5 Å². The molecule has 45 heavy (non-hydrogen) atoms. The molecule has 1 aliphatic rings. The van der Waals surface area contributed by atoms with E-state index in [-0.39, 0.29) is 0 Å². The van der Waals surface area contributed by atoms with E-state index < -0.39 is 0 Å². The van der Waals surface area contributed by atoms with E-state index in [1.165, 1.54) is 0 Å². The molecule has 5 heteroatoms. The third kappa shape index (κ3) is 3.49. The normalized spacial score (nSPS) is 12.4. The van der Waals surface area contributed by atoms with Crippen LogP contribution in [0.15, 0.2) is 150 Å². The zero-order chi connectivity index (χ0) is 29.5. The average molecular weight is 577 g/mol. The molecule has 0 aliphatic carbocycles. The Kier molecular flexibility index (Phi) is 4.93. The Morgan fingerprint density at radius 2 is 1.07 bits per heavy atom. The lowest BCUT2D eigenvalue weighted by Gasteiger charge is -2.31. The fraction of sp³-hybridized carbons (Fsp3) is 0. The molecule has 0 amide bonds. The molecule has 0 N–H and O–H groups in total. The Labute approximate surface area is 258 Å². The van der Waals surface area contributed by atoms with Gasteiger partial charge in [-0.2, -0.15) is 0 Å². The molecule has 9 aromatic rings. The first kappa shape index (κ1) is 24.3. The maximum Gasteiger partial charge on any atom is 0.235 e. The van der Waals surface area contributed by atoms with Gasteiger partial charge in [0, 0.05) is 32.7 Å². The zero-order valence-corrected chi connectivity index (χ0v) is 24.1. The van der Waals surface area contributed by atoms with E-state index in [0.29, 0.717) is 5.95 Å². The SMILES string of the molecule is c1ccc(-c2cc(-c3ccccc3)nc(N3c4ccccc4-n4c5cc6c(cc5c5cccc3c54)oc3ccccc36)n2)cc1. The molecular weight excluding hydrogens is 552 g/mol. The second kappa shape index (κ2) is 9.15. The molecule has 3 aromatic heterocycles. The van der Waals surface area contributed by atoms with Crippen molar-refractivity contribution < 1.29 is 4.42 Å². The van der Waals surface area contributed by atoms with E-state index in [1.54, 1.807) is 0 Å². The minimum absolute atomic E-state index is 0.631. The van der Waals surface area contributed by atoms with Crippen LogP contribution in [0.5, 0.6) is 0 Å². The average Bonchev–Trinajstić information content (AvgIpc) is 3.64. The lowest BCUT2D eigenvalue weighted by Crippen LogP contribution is -2.20. The summed E-state index contributed by atoms with van der Waals surface area (Å²) in [5.41, 5.74) is 11.1. The number of rotatable bonds is 3. The van der Waals surface area contributed by atoms with Crippen molar-refractivity contribution in [2.45, 2.75) is 0 Å². The third-order valence-corrected chi connectivity index (χ3v) is 8.92. The van der Waals surface area contributed by atoms with Crippen LogP contribution in [-0.4, -0.2) is 14.5 Å². The second-order valence-corrected chi connectivity index (χ2v) is 11.5. The molecule has 10 rings (SSSR count). The van der Waals surface area contributed by atoms with Crippen molar-refractivity contribution in [3.8, 4) is 28.2 Å². The maximum absolute atomic E-state index is 6.33. The molecular formula is C40H24N4O. The Hall–Kier alpha value is -6.20. The summed E-state index contributed by atoms with van der Waals surface area (Å²) >= 11 is 0. The molecule has 1 aliphatic heterocycles. The molecule has 0 saturated heterocycles. The van der Waals surface area contributed by atoms with Crippen molar-refractivity contribution >= 4 is 61.1 Å². The van der Waals surface area contributed by atoms with Crippen LogP contribution >= 0.6 is 0 Å². The van der Waals surface area contributed by atoms with Crippen LogP contribution in [0.1, 0.15) is 0 Å². The summed E-state index contributed by atoms with van der Waals surface area (Å²) in [6.07, 6.45) is 0. The second-order valence-electron chi connectivity index (χ2n) is 11.5. The Balaban J connectivity index is 1.29. The van der Waals surface area contributed by atoms with Crippen LogP contribution in [0.4, 0.5) is 17.3 Å². The summed E-state index contributed by atoms with van der Waals surface area (Å²) in [4.78, 5) is 12.7. The van der Waals surface area contributed by atoms with E-state index in [0.717, 1.165) is 83.3 Å². The zero-order valence-electron chi connectivity index (χ0n) is 24.1. The van der Waals surface area contributed by atoms with E-state index in [2.05, 4.69) is 107 Å². The van der Waals surface area contributed by atoms with Gasteiger partial charge in [-0.05, 0) is 42.5 Å². The van der Waals surface area contributed by atoms with Crippen molar-refractivity contribution in [2.75, 3.05) is 4.90 Å². The molecule has 0 fully saturated rings. The van der Waals surface area contributed by atoms with Gasteiger partial charge in [0.2, 0.25) is 5.95 Å². The number of furan rings is 1. The molecule has 0 atom stereocenters. The Morgan fingerprint density at radius 3 is 1.82 bits per heavy atom. The summed E-state index contributed by atoms with van der Waals surface area (Å²) in [5, 5.41) is 4.55. The number of fused-ring (bicyclic) bond motifs is 8. The number of hydrogen-bond donors (Lipinski definition) is 0. The first-order valence-corrected chi connectivity index (χ1v) is 15.1. The fourth-order valence-corrected chi connectivity index (χ4v) is 6.93. The Morgan fingerprint density at radius 1 is 0.444 bits per heavy atom. The monoisotopic (exact) mass is 576 g/mol. The van der Waals surface area contributed by atoms with Gasteiger partial charge in [-0.1, -0.05) is 103 Å². The van der Waals surface area contributed by atoms with Gasteiger partial charge >= 0.3 is 0 Å². The summed E-state index contributed by atoms with van der Waals surface area (Å²) in [6, 6.07) is 50.5. The minimum atomic E-state index is 0.631. The largest absolute Gasteiger partial charge is 0.456 e. The predicted molar refractivity (Wildman–Crippen MR) is 183 cm³/mol. The molecule has 0 bridgehead atoms. The highest BCUT2D eigenvalue weighted by atomic mass is 16.3. The van der Waals surface area contributed by atoms with E-state index in [1.807, 2.05) is 48.5 Å². The van der Waals surface area contributed by atoms with E-state index >= 15 is 0 Å². The first-order chi connectivity index (χ1) is 22.3. The molecule has 5 nitrogen and oxygen atoms in total. The van der Waals surface area contributed by atoms with E-state index in [9.17, 15) is 0 Å². The Bertz CT molecular complexity index is 2540. The number of aromatic nitrogens is 3. The van der Waals surface area contributed by atoms with Crippen molar-refractivity contribution in [2.24, 2.45) is 0 Å². The summed E-state index contributed by atoms with van der Waals surface area (Å²) in [7, 11) is 0. The van der Waals surface area contributed by atoms with Crippen LogP contribution in [0.2, 0.25) is 0 Å². The van der Waals surface area contributed by atoms with Gasteiger partial charge in [-0.15, -0.1) is 0 Å². The van der Waals surface area contributed by atoms with Gasteiger partial charge in [0.1, 0.15) is 11.2 Å². The molecule has 0 saturated carbocycles. The number of para-hydroxylation sites is 4. The van der Waals surface area contributed by atoms with Crippen molar-refractivity contribution in [3.63, 3.8) is 0 Å². The number of anilines is 3. The predicted octanol–water partition coefficient (Wildman–Crippen LogP) is 10.6. The molecule has 0 spiro atoms. The molecule has 6 aromatic carbocycles. The number of nitrogens with zero attached hydrogens (tertiary/aromatic N) is 4. The van der Waals surface area contributed by atoms with Crippen LogP contribution in [0, 0.1) is 0 Å². The molecule has 210 valence electrons. The van der Waals surface area contributed by atoms with Crippen LogP contribution in [-0.2, 0) is 0 Å². The van der Waals surface area contributed by atoms with Gasteiger partial charge in [-0.3, -0.25) is 4.90 Å². The lowest BCUT2D eigenvalue weighted by atomic mass is 10.1. The lowest BCUT2D eigenvalue weighted by molar-refractivity contribution is 0.669. The third-order valence-electron chi connectivity index (χ3n) is 8.92. The highest BCUT2D eigenvalue weighted by molar-refractivity contribution is 6.20. The van der Waals surface area contributed by atoms with Gasteiger partial charge in [0.15, 0.2) is 0 Å². The molecule has 0 unspecified atom stereocenters. The van der Waals surface area contributed by atoms with Gasteiger partial charge < -0.3 is 8.98 Å². The summed E-state index contributed by atoms with van der Waals surface area (Å²) in [5.74, 6) is 0.631. The molecule has 4 heterocycles. The topological polar surface area (TPSA) is 47.1 Å². The van der Waals surface area contributed by atoms with Gasteiger partial charge in [-0.25, -0.2) is 9.97 Å². The number of benzene rings is 6. The van der Waals surface area contributed by atoms with Crippen molar-refractivity contribution in [1.29, 1.82) is 0 Å². The van der Waals surface area contributed by atoms with Crippen molar-refractivity contribution in [3.05, 3.63) is 146 Å². The summed E-state index contributed by atoms with van der Waals surface area (Å²) < 4.78 is 8.72. The van der Waals surface area contributed by atoms with Gasteiger partial charge in [0.25, 0.3) is 0 Å². The highest BCUT2D eigenvalue weighted by Crippen LogP contribution is 2.50. The van der Waals surface area contributed by atoms with Gasteiger partial charge in [0.05, 0.1) is 39.5 Å². The first-order valence-electron chi connectivity index (χ1n) is 15.1. The van der Waals surface area contributed by atoms with Crippen LogP contribution < -0.4 is 4.90 Å². The van der Waals surface area contributed by atoms with Crippen LogP contribution in [0.25, 0.3) is 71.9 Å². The fourth-order valence-electron chi connectivity index (χ4n) is 6.93. The minimum Gasteiger partial charge on any atom is -0.456 e. The van der Waals surface area contributed by atoms with E-state index in [4.69, 9.17) is 14.4 Å².